The zero-order chi connectivity index (χ0) is 14.5. The lowest BCUT2D eigenvalue weighted by Gasteiger charge is -2.07. The third-order valence-corrected chi connectivity index (χ3v) is 2.75. The number of benzene rings is 2. The van der Waals surface area contributed by atoms with E-state index in [0.717, 1.165) is 5.56 Å². The summed E-state index contributed by atoms with van der Waals surface area (Å²) in [5.41, 5.74) is 1.17. The number of rotatable bonds is 5. The Kier molecular flexibility index (Phi) is 4.05. The number of nitro groups is 1. The molecule has 0 bridgehead atoms. The summed E-state index contributed by atoms with van der Waals surface area (Å²) in [6, 6.07) is 10.0. The van der Waals surface area contributed by atoms with Gasteiger partial charge in [-0.05, 0) is 29.8 Å². The number of carbonyl (C=O) groups is 1. The van der Waals surface area contributed by atoms with E-state index < -0.39 is 4.92 Å². The van der Waals surface area contributed by atoms with Gasteiger partial charge in [-0.3, -0.25) is 14.9 Å². The molecule has 0 aromatic heterocycles. The topological polar surface area (TPSA) is 72.2 Å². The number of halogens is 1. The highest BCUT2D eigenvalue weighted by molar-refractivity contribution is 5.79. The summed E-state index contributed by atoms with van der Waals surface area (Å²) in [5.74, 6) is -0.338. The second-order valence-corrected chi connectivity index (χ2v) is 4.13. The van der Waals surface area contributed by atoms with Crippen molar-refractivity contribution >= 4 is 17.7 Å². The molecule has 0 amide bonds. The van der Waals surface area contributed by atoms with Crippen molar-refractivity contribution in [2.45, 2.75) is 6.54 Å². The van der Waals surface area contributed by atoms with E-state index in [0.29, 0.717) is 18.5 Å². The highest BCUT2D eigenvalue weighted by Gasteiger charge is 2.14. The molecule has 0 aliphatic rings. The maximum atomic E-state index is 12.8. The summed E-state index contributed by atoms with van der Waals surface area (Å²) in [4.78, 5) is 21.0. The van der Waals surface area contributed by atoms with Gasteiger partial charge in [0.1, 0.15) is 17.8 Å². The number of nitrogens with one attached hydrogen (secondary N) is 1. The van der Waals surface area contributed by atoms with Crippen LogP contribution in [0, 0.1) is 15.9 Å². The fraction of sp³-hybridized carbons (Fsp3) is 0.0714. The Hall–Kier alpha value is -2.76. The van der Waals surface area contributed by atoms with Gasteiger partial charge in [-0.25, -0.2) is 4.39 Å². The van der Waals surface area contributed by atoms with Crippen LogP contribution in [0.25, 0.3) is 0 Å². The SMILES string of the molecule is O=Cc1ccc(NCc2ccc(F)cc2)c([N+](=O)[O-])c1. The van der Waals surface area contributed by atoms with Gasteiger partial charge in [-0.2, -0.15) is 0 Å². The summed E-state index contributed by atoms with van der Waals surface area (Å²) in [5, 5.41) is 13.8. The summed E-state index contributed by atoms with van der Waals surface area (Å²) < 4.78 is 12.8. The summed E-state index contributed by atoms with van der Waals surface area (Å²) in [7, 11) is 0. The lowest BCUT2D eigenvalue weighted by Crippen LogP contribution is -2.03. The largest absolute Gasteiger partial charge is 0.375 e. The third kappa shape index (κ3) is 3.17. The lowest BCUT2D eigenvalue weighted by molar-refractivity contribution is -0.384. The first-order chi connectivity index (χ1) is 9.60. The van der Waals surface area contributed by atoms with E-state index in [-0.39, 0.29) is 17.1 Å². The van der Waals surface area contributed by atoms with Crippen molar-refractivity contribution in [3.05, 3.63) is 69.5 Å². The van der Waals surface area contributed by atoms with E-state index in [1.807, 2.05) is 0 Å². The van der Waals surface area contributed by atoms with Gasteiger partial charge in [0.25, 0.3) is 5.69 Å². The van der Waals surface area contributed by atoms with Crippen molar-refractivity contribution in [3.8, 4) is 0 Å². The number of nitro benzene ring substituents is 1. The zero-order valence-corrected chi connectivity index (χ0v) is 10.4. The number of hydrogen-bond donors (Lipinski definition) is 1. The molecule has 0 spiro atoms. The predicted molar refractivity (Wildman–Crippen MR) is 72.2 cm³/mol. The standard InChI is InChI=1S/C14H11FN2O3/c15-12-4-1-10(2-5-12)8-16-13-6-3-11(9-18)7-14(13)17(19)20/h1-7,9,16H,8H2. The van der Waals surface area contributed by atoms with Crippen LogP contribution in [0.5, 0.6) is 0 Å². The molecule has 0 aliphatic carbocycles. The molecule has 102 valence electrons. The van der Waals surface area contributed by atoms with Crippen molar-refractivity contribution in [1.82, 2.24) is 0 Å². The first-order valence-electron chi connectivity index (χ1n) is 5.82. The highest BCUT2D eigenvalue weighted by atomic mass is 19.1. The van der Waals surface area contributed by atoms with Crippen LogP contribution in [-0.2, 0) is 6.54 Å². The van der Waals surface area contributed by atoms with Gasteiger partial charge in [0, 0.05) is 18.2 Å². The molecule has 0 heterocycles. The minimum Gasteiger partial charge on any atom is -0.375 e. The molecule has 2 rings (SSSR count). The van der Waals surface area contributed by atoms with Crippen molar-refractivity contribution in [2.75, 3.05) is 5.32 Å². The second kappa shape index (κ2) is 5.92. The minimum atomic E-state index is -0.556. The molecule has 0 saturated carbocycles. The molecule has 2 aromatic carbocycles. The molecule has 20 heavy (non-hydrogen) atoms. The number of anilines is 1. The Balaban J connectivity index is 2.18. The van der Waals surface area contributed by atoms with Crippen molar-refractivity contribution in [1.29, 1.82) is 0 Å². The maximum absolute atomic E-state index is 12.8. The van der Waals surface area contributed by atoms with Gasteiger partial charge < -0.3 is 5.32 Å². The van der Waals surface area contributed by atoms with E-state index in [2.05, 4.69) is 5.32 Å². The smallest absolute Gasteiger partial charge is 0.293 e. The molecule has 1 N–H and O–H groups in total. The van der Waals surface area contributed by atoms with Crippen LogP contribution in [0.2, 0.25) is 0 Å². The molecule has 0 unspecified atom stereocenters. The average Bonchev–Trinajstić information content (AvgIpc) is 2.46. The first-order valence-corrected chi connectivity index (χ1v) is 5.82. The van der Waals surface area contributed by atoms with Crippen LogP contribution in [0.1, 0.15) is 15.9 Å². The molecule has 5 nitrogen and oxygen atoms in total. The molecule has 0 aliphatic heterocycles. The fourth-order valence-corrected chi connectivity index (χ4v) is 1.72. The van der Waals surface area contributed by atoms with Crippen LogP contribution < -0.4 is 5.32 Å². The quantitative estimate of drug-likeness (QED) is 0.516. The monoisotopic (exact) mass is 274 g/mol. The first kappa shape index (κ1) is 13.7. The van der Waals surface area contributed by atoms with E-state index in [9.17, 15) is 19.3 Å². The molecular weight excluding hydrogens is 263 g/mol. The highest BCUT2D eigenvalue weighted by Crippen LogP contribution is 2.25. The van der Waals surface area contributed by atoms with Gasteiger partial charge in [0.05, 0.1) is 4.92 Å². The molecule has 0 radical (unpaired) electrons. The van der Waals surface area contributed by atoms with Gasteiger partial charge in [-0.15, -0.1) is 0 Å². The van der Waals surface area contributed by atoms with Crippen molar-refractivity contribution in [3.63, 3.8) is 0 Å². The average molecular weight is 274 g/mol. The zero-order valence-electron chi connectivity index (χ0n) is 10.4. The summed E-state index contributed by atoms with van der Waals surface area (Å²) in [6.07, 6.45) is 0.552. The van der Waals surface area contributed by atoms with Crippen LogP contribution >= 0.6 is 0 Å². The third-order valence-electron chi connectivity index (χ3n) is 2.75. The van der Waals surface area contributed by atoms with Gasteiger partial charge in [0.2, 0.25) is 0 Å². The Morgan fingerprint density at radius 3 is 2.50 bits per heavy atom. The molecule has 0 saturated heterocycles. The van der Waals surface area contributed by atoms with E-state index in [1.54, 1.807) is 12.1 Å². The summed E-state index contributed by atoms with van der Waals surface area (Å²) in [6.45, 7) is 0.321. The predicted octanol–water partition coefficient (Wildman–Crippen LogP) is 3.16. The van der Waals surface area contributed by atoms with Crippen LogP contribution in [-0.4, -0.2) is 11.2 Å². The van der Waals surface area contributed by atoms with Crippen molar-refractivity contribution < 1.29 is 14.1 Å². The minimum absolute atomic E-state index is 0.170. The van der Waals surface area contributed by atoms with E-state index in [1.165, 1.54) is 30.3 Å². The van der Waals surface area contributed by atoms with Gasteiger partial charge in [0.15, 0.2) is 0 Å². The van der Waals surface area contributed by atoms with E-state index in [4.69, 9.17) is 0 Å². The van der Waals surface area contributed by atoms with Crippen LogP contribution in [0.15, 0.2) is 42.5 Å². The molecule has 0 atom stereocenters. The molecule has 0 fully saturated rings. The van der Waals surface area contributed by atoms with Gasteiger partial charge >= 0.3 is 0 Å². The van der Waals surface area contributed by atoms with Gasteiger partial charge in [-0.1, -0.05) is 12.1 Å². The number of aldehydes is 1. The molecular formula is C14H11FN2O3. The Morgan fingerprint density at radius 1 is 1.20 bits per heavy atom. The number of hydrogen-bond acceptors (Lipinski definition) is 4. The number of nitrogens with zero attached hydrogens (tertiary/aromatic N) is 1. The number of carbonyl (C=O) groups excluding carboxylic acids is 1. The molecule has 6 heteroatoms. The molecule has 2 aromatic rings. The lowest BCUT2D eigenvalue weighted by atomic mass is 10.1. The second-order valence-electron chi connectivity index (χ2n) is 4.13. The van der Waals surface area contributed by atoms with Crippen LogP contribution in [0.3, 0.4) is 0 Å². The van der Waals surface area contributed by atoms with Crippen LogP contribution in [0.4, 0.5) is 15.8 Å². The normalized spacial score (nSPS) is 10.1. The Labute approximate surface area is 114 Å². The summed E-state index contributed by atoms with van der Waals surface area (Å²) >= 11 is 0. The fourth-order valence-electron chi connectivity index (χ4n) is 1.72. The Morgan fingerprint density at radius 2 is 1.90 bits per heavy atom. The van der Waals surface area contributed by atoms with Crippen molar-refractivity contribution in [2.24, 2.45) is 0 Å². The van der Waals surface area contributed by atoms with E-state index >= 15 is 0 Å². The Bertz CT molecular complexity index is 641. The maximum Gasteiger partial charge on any atom is 0.293 e.